The fourth-order valence-corrected chi connectivity index (χ4v) is 4.04. The molecular weight excluding hydrogens is 222 g/mol. The molecule has 2 aliphatic rings. The minimum atomic E-state index is -2.91. The molecule has 0 aromatic carbocycles. The number of hydrogen-bond donors (Lipinski definition) is 1. The molecule has 0 aromatic rings. The molecule has 0 spiro atoms. The van der Waals surface area contributed by atoms with Crippen molar-refractivity contribution in [1.82, 2.24) is 5.32 Å². The lowest BCUT2D eigenvalue weighted by molar-refractivity contribution is 0.274. The van der Waals surface area contributed by atoms with Crippen molar-refractivity contribution in [3.05, 3.63) is 11.5 Å². The Morgan fingerprint density at radius 2 is 2.19 bits per heavy atom. The maximum atomic E-state index is 11.3. The minimum absolute atomic E-state index is 0.0469. The van der Waals surface area contributed by atoms with Gasteiger partial charge in [0, 0.05) is 17.5 Å². The van der Waals surface area contributed by atoms with Gasteiger partial charge in [0.05, 0.1) is 5.75 Å². The molecule has 0 bridgehead atoms. The molecule has 3 unspecified atom stereocenters. The zero-order valence-corrected chi connectivity index (χ0v) is 10.7. The number of nitrogens with one attached hydrogen (secondary N) is 1. The molecule has 1 N–H and O–H groups in total. The van der Waals surface area contributed by atoms with Gasteiger partial charge in [-0.05, 0) is 18.8 Å². The molecule has 0 aromatic heterocycles. The molecular formula is C12H21NO2S. The monoisotopic (exact) mass is 243 g/mol. The van der Waals surface area contributed by atoms with Gasteiger partial charge < -0.3 is 5.32 Å². The summed E-state index contributed by atoms with van der Waals surface area (Å²) in [5.74, 6) is 1.08. The van der Waals surface area contributed by atoms with Crippen molar-refractivity contribution in [2.24, 2.45) is 5.92 Å². The van der Waals surface area contributed by atoms with Crippen LogP contribution in [0.1, 0.15) is 39.0 Å². The summed E-state index contributed by atoms with van der Waals surface area (Å²) in [7, 11) is -2.91. The summed E-state index contributed by atoms with van der Waals surface area (Å²) < 4.78 is 22.6. The second-order valence-electron chi connectivity index (χ2n) is 5.07. The van der Waals surface area contributed by atoms with Crippen LogP contribution in [0.15, 0.2) is 11.5 Å². The van der Waals surface area contributed by atoms with Gasteiger partial charge in [0.25, 0.3) is 0 Å². The van der Waals surface area contributed by atoms with Gasteiger partial charge in [-0.2, -0.15) is 0 Å². The van der Waals surface area contributed by atoms with Crippen molar-refractivity contribution in [1.29, 1.82) is 0 Å². The van der Waals surface area contributed by atoms with Crippen molar-refractivity contribution in [3.63, 3.8) is 0 Å². The average molecular weight is 243 g/mol. The molecule has 1 aliphatic heterocycles. The summed E-state index contributed by atoms with van der Waals surface area (Å²) in [5.41, 5.74) is 0. The van der Waals surface area contributed by atoms with E-state index in [2.05, 4.69) is 12.2 Å². The van der Waals surface area contributed by atoms with Crippen LogP contribution in [0.4, 0.5) is 0 Å². The van der Waals surface area contributed by atoms with Crippen LogP contribution in [-0.2, 0) is 9.84 Å². The highest BCUT2D eigenvalue weighted by molar-refractivity contribution is 7.94. The SMILES string of the molecule is CCC1CCCC(NC2C=CS(=O)(=O)C2)C1. The van der Waals surface area contributed by atoms with E-state index in [1.807, 2.05) is 0 Å². The van der Waals surface area contributed by atoms with Gasteiger partial charge in [0.15, 0.2) is 9.84 Å². The Balaban J connectivity index is 1.84. The molecule has 2 rings (SSSR count). The van der Waals surface area contributed by atoms with Gasteiger partial charge in [0.2, 0.25) is 0 Å². The number of hydrogen-bond acceptors (Lipinski definition) is 3. The molecule has 0 saturated heterocycles. The Labute approximate surface area is 98.2 Å². The van der Waals surface area contributed by atoms with Crippen LogP contribution >= 0.6 is 0 Å². The van der Waals surface area contributed by atoms with E-state index in [-0.39, 0.29) is 11.8 Å². The lowest BCUT2D eigenvalue weighted by Gasteiger charge is -2.30. The van der Waals surface area contributed by atoms with Crippen molar-refractivity contribution >= 4 is 9.84 Å². The second kappa shape index (κ2) is 4.88. The van der Waals surface area contributed by atoms with E-state index >= 15 is 0 Å². The van der Waals surface area contributed by atoms with E-state index in [1.165, 1.54) is 37.5 Å². The first-order chi connectivity index (χ1) is 7.59. The van der Waals surface area contributed by atoms with Crippen LogP contribution in [0.25, 0.3) is 0 Å². The molecule has 0 radical (unpaired) electrons. The largest absolute Gasteiger partial charge is 0.307 e. The van der Waals surface area contributed by atoms with Gasteiger partial charge in [0.1, 0.15) is 0 Å². The van der Waals surface area contributed by atoms with Gasteiger partial charge in [-0.15, -0.1) is 0 Å². The first-order valence-electron chi connectivity index (χ1n) is 6.26. The smallest absolute Gasteiger partial charge is 0.173 e. The molecule has 1 aliphatic carbocycles. The summed E-state index contributed by atoms with van der Waals surface area (Å²) >= 11 is 0. The molecule has 92 valence electrons. The molecule has 0 amide bonds. The zero-order valence-electron chi connectivity index (χ0n) is 9.85. The van der Waals surface area contributed by atoms with E-state index in [0.29, 0.717) is 6.04 Å². The highest BCUT2D eigenvalue weighted by Crippen LogP contribution is 2.27. The van der Waals surface area contributed by atoms with E-state index in [9.17, 15) is 8.42 Å². The molecule has 1 saturated carbocycles. The predicted molar refractivity (Wildman–Crippen MR) is 65.9 cm³/mol. The highest BCUT2D eigenvalue weighted by atomic mass is 32.2. The van der Waals surface area contributed by atoms with Crippen molar-refractivity contribution in [2.75, 3.05) is 5.75 Å². The average Bonchev–Trinajstić information content (AvgIpc) is 2.58. The topological polar surface area (TPSA) is 46.2 Å². The number of sulfone groups is 1. The fraction of sp³-hybridized carbons (Fsp3) is 0.833. The van der Waals surface area contributed by atoms with Crippen LogP contribution in [-0.4, -0.2) is 26.3 Å². The summed E-state index contributed by atoms with van der Waals surface area (Å²) in [4.78, 5) is 0. The second-order valence-corrected chi connectivity index (χ2v) is 7.00. The van der Waals surface area contributed by atoms with Gasteiger partial charge in [-0.25, -0.2) is 8.42 Å². The predicted octanol–water partition coefficient (Wildman–Crippen LogP) is 1.86. The standard InChI is InChI=1S/C12H21NO2S/c1-2-10-4-3-5-11(8-10)13-12-6-7-16(14,15)9-12/h6-7,10-13H,2-5,8-9H2,1H3. The highest BCUT2D eigenvalue weighted by Gasteiger charge is 2.26. The first kappa shape index (κ1) is 12.1. The zero-order chi connectivity index (χ0) is 11.6. The van der Waals surface area contributed by atoms with Crippen molar-refractivity contribution < 1.29 is 8.42 Å². The van der Waals surface area contributed by atoms with Crippen LogP contribution in [0.5, 0.6) is 0 Å². The van der Waals surface area contributed by atoms with Crippen LogP contribution in [0.2, 0.25) is 0 Å². The molecule has 1 heterocycles. The normalized spacial score (nSPS) is 37.7. The minimum Gasteiger partial charge on any atom is -0.307 e. The van der Waals surface area contributed by atoms with Crippen LogP contribution in [0.3, 0.4) is 0 Å². The van der Waals surface area contributed by atoms with Crippen LogP contribution < -0.4 is 5.32 Å². The summed E-state index contributed by atoms with van der Waals surface area (Å²) in [6.07, 6.45) is 8.07. The molecule has 3 atom stereocenters. The maximum Gasteiger partial charge on any atom is 0.173 e. The third-order valence-corrected chi connectivity index (χ3v) is 5.14. The first-order valence-corrected chi connectivity index (χ1v) is 7.97. The Kier molecular flexibility index (Phi) is 3.70. The quantitative estimate of drug-likeness (QED) is 0.823. The fourth-order valence-electron chi connectivity index (χ4n) is 2.80. The van der Waals surface area contributed by atoms with Gasteiger partial charge >= 0.3 is 0 Å². The molecule has 3 nitrogen and oxygen atoms in total. The van der Waals surface area contributed by atoms with E-state index in [1.54, 1.807) is 6.08 Å². The third kappa shape index (κ3) is 3.08. The lowest BCUT2D eigenvalue weighted by atomic mass is 9.84. The summed E-state index contributed by atoms with van der Waals surface area (Å²) in [6.45, 7) is 2.24. The Morgan fingerprint density at radius 3 is 2.81 bits per heavy atom. The maximum absolute atomic E-state index is 11.3. The number of rotatable bonds is 3. The molecule has 4 heteroatoms. The Morgan fingerprint density at radius 1 is 1.38 bits per heavy atom. The lowest BCUT2D eigenvalue weighted by Crippen LogP contribution is -2.41. The van der Waals surface area contributed by atoms with E-state index in [0.717, 1.165) is 5.92 Å². The summed E-state index contributed by atoms with van der Waals surface area (Å²) in [5, 5.41) is 4.82. The molecule has 1 fully saturated rings. The van der Waals surface area contributed by atoms with E-state index in [4.69, 9.17) is 0 Å². The third-order valence-electron chi connectivity index (χ3n) is 3.74. The van der Waals surface area contributed by atoms with E-state index < -0.39 is 9.84 Å². The van der Waals surface area contributed by atoms with Crippen LogP contribution in [0, 0.1) is 5.92 Å². The van der Waals surface area contributed by atoms with Gasteiger partial charge in [-0.3, -0.25) is 0 Å². The van der Waals surface area contributed by atoms with Crippen molar-refractivity contribution in [2.45, 2.75) is 51.1 Å². The Hall–Kier alpha value is -0.350. The van der Waals surface area contributed by atoms with Crippen molar-refractivity contribution in [3.8, 4) is 0 Å². The Bertz CT molecular complexity index is 361. The molecule has 16 heavy (non-hydrogen) atoms. The summed E-state index contributed by atoms with van der Waals surface area (Å²) in [6, 6.07) is 0.562. The van der Waals surface area contributed by atoms with Gasteiger partial charge in [-0.1, -0.05) is 32.3 Å².